The highest BCUT2D eigenvalue weighted by molar-refractivity contribution is 5.95. The molecule has 1 heterocycles. The minimum Gasteiger partial charge on any atom is -0.490 e. The van der Waals surface area contributed by atoms with E-state index in [0.717, 1.165) is 11.4 Å². The third kappa shape index (κ3) is 2.17. The second-order valence-electron chi connectivity index (χ2n) is 3.72. The van der Waals surface area contributed by atoms with Crippen LogP contribution in [-0.2, 0) is 4.79 Å². The molecule has 1 aliphatic rings. The number of hydrogen-bond acceptors (Lipinski definition) is 3. The van der Waals surface area contributed by atoms with E-state index < -0.39 is 0 Å². The lowest BCUT2D eigenvalue weighted by Crippen LogP contribution is -2.38. The van der Waals surface area contributed by atoms with E-state index in [1.807, 2.05) is 31.3 Å². The predicted octanol–water partition coefficient (Wildman–Crippen LogP) is 1.02. The highest BCUT2D eigenvalue weighted by atomic mass is 16.5. The number of carbonyl (C=O) groups excluding carboxylic acids is 1. The van der Waals surface area contributed by atoms with E-state index in [2.05, 4.69) is 5.32 Å². The van der Waals surface area contributed by atoms with Crippen LogP contribution in [0.4, 0.5) is 5.69 Å². The van der Waals surface area contributed by atoms with E-state index in [-0.39, 0.29) is 5.91 Å². The number of ether oxygens (including phenoxy) is 1. The number of benzene rings is 1. The predicted molar refractivity (Wildman–Crippen MR) is 62.8 cm³/mol. The summed E-state index contributed by atoms with van der Waals surface area (Å²) in [5.74, 6) is 0.941. The summed E-state index contributed by atoms with van der Waals surface area (Å²) in [5.41, 5.74) is 0.884. The summed E-state index contributed by atoms with van der Waals surface area (Å²) < 4.78 is 5.50. The zero-order valence-electron chi connectivity index (χ0n) is 9.40. The molecule has 1 aromatic carbocycles. The number of carbonyl (C=O) groups is 1. The Morgan fingerprint density at radius 3 is 3.12 bits per heavy atom. The van der Waals surface area contributed by atoms with Gasteiger partial charge in [0.05, 0.1) is 12.2 Å². The topological polar surface area (TPSA) is 41.6 Å². The van der Waals surface area contributed by atoms with Crippen molar-refractivity contribution in [2.24, 2.45) is 0 Å². The molecule has 16 heavy (non-hydrogen) atoms. The zero-order valence-corrected chi connectivity index (χ0v) is 9.40. The summed E-state index contributed by atoms with van der Waals surface area (Å²) >= 11 is 0. The Morgan fingerprint density at radius 2 is 2.31 bits per heavy atom. The Kier molecular flexibility index (Phi) is 3.41. The van der Waals surface area contributed by atoms with Crippen molar-refractivity contribution in [1.29, 1.82) is 0 Å². The maximum atomic E-state index is 12.0. The Hall–Kier alpha value is -1.55. The van der Waals surface area contributed by atoms with Crippen molar-refractivity contribution in [3.63, 3.8) is 0 Å². The molecular weight excluding hydrogens is 204 g/mol. The van der Waals surface area contributed by atoms with Gasteiger partial charge in [0.15, 0.2) is 0 Å². The van der Waals surface area contributed by atoms with Crippen LogP contribution in [0.5, 0.6) is 5.75 Å². The molecule has 4 nitrogen and oxygen atoms in total. The van der Waals surface area contributed by atoms with Crippen LogP contribution in [0.25, 0.3) is 0 Å². The van der Waals surface area contributed by atoms with Gasteiger partial charge in [0.2, 0.25) is 5.91 Å². The zero-order chi connectivity index (χ0) is 11.4. The lowest BCUT2D eigenvalue weighted by Gasteiger charge is -2.29. The molecule has 2 rings (SSSR count). The highest BCUT2D eigenvalue weighted by Gasteiger charge is 2.22. The van der Waals surface area contributed by atoms with E-state index in [9.17, 15) is 4.79 Å². The van der Waals surface area contributed by atoms with Gasteiger partial charge in [-0.05, 0) is 19.2 Å². The van der Waals surface area contributed by atoms with Gasteiger partial charge in [-0.15, -0.1) is 0 Å². The second kappa shape index (κ2) is 4.99. The van der Waals surface area contributed by atoms with Crippen molar-refractivity contribution in [2.45, 2.75) is 6.42 Å². The normalized spacial score (nSPS) is 14.2. The molecule has 1 amide bonds. The molecule has 0 saturated heterocycles. The molecule has 0 fully saturated rings. The second-order valence-corrected chi connectivity index (χ2v) is 3.72. The third-order valence-electron chi connectivity index (χ3n) is 2.62. The van der Waals surface area contributed by atoms with Crippen LogP contribution in [0.15, 0.2) is 24.3 Å². The maximum absolute atomic E-state index is 12.0. The van der Waals surface area contributed by atoms with Gasteiger partial charge in [0, 0.05) is 13.0 Å². The standard InChI is InChI=1S/C12H16N2O2/c1-13-7-6-12(15)14-8-9-16-11-5-3-2-4-10(11)14/h2-5,13H,6-9H2,1H3. The summed E-state index contributed by atoms with van der Waals surface area (Å²) in [6.07, 6.45) is 0.519. The van der Waals surface area contributed by atoms with Crippen molar-refractivity contribution < 1.29 is 9.53 Å². The Balaban J connectivity index is 2.15. The maximum Gasteiger partial charge on any atom is 0.228 e. The minimum atomic E-state index is 0.144. The minimum absolute atomic E-state index is 0.144. The van der Waals surface area contributed by atoms with Gasteiger partial charge in [-0.3, -0.25) is 4.79 Å². The fourth-order valence-electron chi connectivity index (χ4n) is 1.80. The van der Waals surface area contributed by atoms with Gasteiger partial charge in [-0.2, -0.15) is 0 Å². The highest BCUT2D eigenvalue weighted by Crippen LogP contribution is 2.31. The van der Waals surface area contributed by atoms with Gasteiger partial charge in [0.1, 0.15) is 12.4 Å². The molecule has 0 aromatic heterocycles. The summed E-state index contributed by atoms with van der Waals surface area (Å²) in [6, 6.07) is 7.66. The van der Waals surface area contributed by atoms with E-state index in [1.165, 1.54) is 0 Å². The van der Waals surface area contributed by atoms with Crippen LogP contribution < -0.4 is 15.0 Å². The average molecular weight is 220 g/mol. The number of fused-ring (bicyclic) bond motifs is 1. The van der Waals surface area contributed by atoms with Crippen molar-refractivity contribution in [2.75, 3.05) is 31.6 Å². The Morgan fingerprint density at radius 1 is 1.50 bits per heavy atom. The van der Waals surface area contributed by atoms with Crippen LogP contribution in [0.2, 0.25) is 0 Å². The molecule has 86 valence electrons. The van der Waals surface area contributed by atoms with Crippen LogP contribution >= 0.6 is 0 Å². The molecule has 1 aliphatic heterocycles. The molecule has 4 heteroatoms. The third-order valence-corrected chi connectivity index (χ3v) is 2.62. The summed E-state index contributed by atoms with van der Waals surface area (Å²) in [5, 5.41) is 2.98. The van der Waals surface area contributed by atoms with E-state index in [0.29, 0.717) is 26.1 Å². The largest absolute Gasteiger partial charge is 0.490 e. The van der Waals surface area contributed by atoms with Crippen molar-refractivity contribution in [3.8, 4) is 5.75 Å². The van der Waals surface area contributed by atoms with Gasteiger partial charge in [-0.25, -0.2) is 0 Å². The first-order chi connectivity index (χ1) is 7.83. The number of amides is 1. The first-order valence-corrected chi connectivity index (χ1v) is 5.49. The average Bonchev–Trinajstić information content (AvgIpc) is 2.35. The Labute approximate surface area is 95.2 Å². The fourth-order valence-corrected chi connectivity index (χ4v) is 1.80. The summed E-state index contributed by atoms with van der Waals surface area (Å²) in [6.45, 7) is 1.92. The number of nitrogens with one attached hydrogen (secondary N) is 1. The lowest BCUT2D eigenvalue weighted by molar-refractivity contribution is -0.118. The smallest absolute Gasteiger partial charge is 0.228 e. The molecule has 0 spiro atoms. The quantitative estimate of drug-likeness (QED) is 0.827. The van der Waals surface area contributed by atoms with E-state index in [1.54, 1.807) is 4.90 Å². The lowest BCUT2D eigenvalue weighted by atomic mass is 10.2. The first-order valence-electron chi connectivity index (χ1n) is 5.49. The SMILES string of the molecule is CNCCC(=O)N1CCOc2ccccc21. The van der Waals surface area contributed by atoms with Gasteiger partial charge in [-0.1, -0.05) is 12.1 Å². The number of para-hydroxylation sites is 2. The van der Waals surface area contributed by atoms with Crippen LogP contribution in [-0.4, -0.2) is 32.7 Å². The van der Waals surface area contributed by atoms with Gasteiger partial charge < -0.3 is 15.0 Å². The summed E-state index contributed by atoms with van der Waals surface area (Å²) in [4.78, 5) is 13.8. The molecule has 1 N–H and O–H groups in total. The van der Waals surface area contributed by atoms with Crippen LogP contribution in [0.1, 0.15) is 6.42 Å². The molecule has 0 atom stereocenters. The number of anilines is 1. The molecular formula is C12H16N2O2. The van der Waals surface area contributed by atoms with Gasteiger partial charge >= 0.3 is 0 Å². The molecule has 1 aromatic rings. The molecule has 0 bridgehead atoms. The molecule has 0 aliphatic carbocycles. The van der Waals surface area contributed by atoms with Crippen molar-refractivity contribution in [1.82, 2.24) is 5.32 Å². The molecule has 0 unspecified atom stereocenters. The van der Waals surface area contributed by atoms with Gasteiger partial charge in [0.25, 0.3) is 0 Å². The van der Waals surface area contributed by atoms with Crippen LogP contribution in [0, 0.1) is 0 Å². The number of hydrogen-bond donors (Lipinski definition) is 1. The van der Waals surface area contributed by atoms with Crippen molar-refractivity contribution >= 4 is 11.6 Å². The monoisotopic (exact) mass is 220 g/mol. The Bertz CT molecular complexity index is 379. The number of rotatable bonds is 3. The fraction of sp³-hybridized carbons (Fsp3) is 0.417. The van der Waals surface area contributed by atoms with E-state index in [4.69, 9.17) is 4.74 Å². The molecule has 0 saturated carbocycles. The molecule has 0 radical (unpaired) electrons. The first kappa shape index (κ1) is 11.0. The van der Waals surface area contributed by atoms with Crippen LogP contribution in [0.3, 0.4) is 0 Å². The van der Waals surface area contributed by atoms with Crippen molar-refractivity contribution in [3.05, 3.63) is 24.3 Å². The summed E-state index contributed by atoms with van der Waals surface area (Å²) in [7, 11) is 1.85. The number of nitrogens with zero attached hydrogens (tertiary/aromatic N) is 1. The van der Waals surface area contributed by atoms with E-state index >= 15 is 0 Å².